The SMILES string of the molecule is CC(C1CC1)N(C)CCC(N)c1ccccc1Cl. The Morgan fingerprint density at radius 2 is 2.06 bits per heavy atom. The number of nitrogens with zero attached hydrogens (tertiary/aromatic N) is 1. The predicted molar refractivity (Wildman–Crippen MR) is 77.8 cm³/mol. The topological polar surface area (TPSA) is 29.3 Å². The second-order valence-electron chi connectivity index (χ2n) is 5.48. The van der Waals surface area contributed by atoms with E-state index in [0.29, 0.717) is 6.04 Å². The van der Waals surface area contributed by atoms with E-state index in [2.05, 4.69) is 18.9 Å². The molecule has 18 heavy (non-hydrogen) atoms. The van der Waals surface area contributed by atoms with Crippen LogP contribution >= 0.6 is 11.6 Å². The molecule has 1 fully saturated rings. The largest absolute Gasteiger partial charge is 0.324 e. The summed E-state index contributed by atoms with van der Waals surface area (Å²) in [7, 11) is 2.20. The van der Waals surface area contributed by atoms with Crippen molar-refractivity contribution >= 4 is 11.6 Å². The first-order chi connectivity index (χ1) is 8.59. The van der Waals surface area contributed by atoms with Gasteiger partial charge >= 0.3 is 0 Å². The Balaban J connectivity index is 1.84. The van der Waals surface area contributed by atoms with Gasteiger partial charge in [0.15, 0.2) is 0 Å². The highest BCUT2D eigenvalue weighted by molar-refractivity contribution is 6.31. The average Bonchev–Trinajstić information content (AvgIpc) is 3.19. The molecule has 0 spiro atoms. The monoisotopic (exact) mass is 266 g/mol. The third kappa shape index (κ3) is 3.47. The summed E-state index contributed by atoms with van der Waals surface area (Å²) < 4.78 is 0. The summed E-state index contributed by atoms with van der Waals surface area (Å²) in [5.41, 5.74) is 7.29. The lowest BCUT2D eigenvalue weighted by atomic mass is 10.0. The molecule has 2 N–H and O–H groups in total. The number of rotatable bonds is 6. The second-order valence-corrected chi connectivity index (χ2v) is 5.88. The third-order valence-electron chi connectivity index (χ3n) is 4.10. The molecule has 2 nitrogen and oxygen atoms in total. The second kappa shape index (κ2) is 6.05. The van der Waals surface area contributed by atoms with Crippen molar-refractivity contribution < 1.29 is 0 Å². The molecule has 0 amide bonds. The van der Waals surface area contributed by atoms with Gasteiger partial charge in [0, 0.05) is 17.1 Å². The Labute approximate surface area is 115 Å². The van der Waals surface area contributed by atoms with Gasteiger partial charge in [-0.05, 0) is 57.3 Å². The minimum absolute atomic E-state index is 0.0348. The van der Waals surface area contributed by atoms with Gasteiger partial charge in [0.25, 0.3) is 0 Å². The van der Waals surface area contributed by atoms with Gasteiger partial charge in [-0.2, -0.15) is 0 Å². The van der Waals surface area contributed by atoms with Gasteiger partial charge in [-0.1, -0.05) is 29.8 Å². The maximum atomic E-state index is 6.22. The summed E-state index contributed by atoms with van der Waals surface area (Å²) in [6.45, 7) is 3.35. The number of halogens is 1. The smallest absolute Gasteiger partial charge is 0.0453 e. The first-order valence-corrected chi connectivity index (χ1v) is 7.17. The van der Waals surface area contributed by atoms with Crippen molar-refractivity contribution in [3.63, 3.8) is 0 Å². The molecule has 0 aliphatic heterocycles. The summed E-state index contributed by atoms with van der Waals surface area (Å²) in [4.78, 5) is 2.42. The van der Waals surface area contributed by atoms with E-state index in [-0.39, 0.29) is 6.04 Å². The van der Waals surface area contributed by atoms with E-state index in [4.69, 9.17) is 17.3 Å². The normalized spacial score (nSPS) is 18.9. The molecule has 1 aliphatic rings. The summed E-state index contributed by atoms with van der Waals surface area (Å²) in [5, 5.41) is 0.780. The molecular weight excluding hydrogens is 244 g/mol. The summed E-state index contributed by atoms with van der Waals surface area (Å²) in [6, 6.07) is 8.60. The molecule has 0 aromatic heterocycles. The zero-order valence-corrected chi connectivity index (χ0v) is 12.0. The zero-order valence-electron chi connectivity index (χ0n) is 11.3. The lowest BCUT2D eigenvalue weighted by Crippen LogP contribution is -2.33. The summed E-state index contributed by atoms with van der Waals surface area (Å²) in [6.07, 6.45) is 3.74. The molecule has 2 unspecified atom stereocenters. The van der Waals surface area contributed by atoms with Gasteiger partial charge in [-0.3, -0.25) is 0 Å². The molecule has 100 valence electrons. The number of benzene rings is 1. The van der Waals surface area contributed by atoms with Crippen LogP contribution in [0.5, 0.6) is 0 Å². The van der Waals surface area contributed by atoms with E-state index in [0.717, 1.165) is 29.5 Å². The van der Waals surface area contributed by atoms with E-state index in [1.54, 1.807) is 0 Å². The molecule has 3 heteroatoms. The Morgan fingerprint density at radius 1 is 1.39 bits per heavy atom. The zero-order chi connectivity index (χ0) is 13.1. The van der Waals surface area contributed by atoms with Crippen molar-refractivity contribution in [2.45, 2.75) is 38.3 Å². The highest BCUT2D eigenvalue weighted by Crippen LogP contribution is 2.35. The van der Waals surface area contributed by atoms with Gasteiger partial charge in [0.1, 0.15) is 0 Å². The van der Waals surface area contributed by atoms with Crippen LogP contribution in [0.2, 0.25) is 5.02 Å². The van der Waals surface area contributed by atoms with Crippen molar-refractivity contribution in [3.05, 3.63) is 34.9 Å². The highest BCUT2D eigenvalue weighted by atomic mass is 35.5. The van der Waals surface area contributed by atoms with Gasteiger partial charge in [0.2, 0.25) is 0 Å². The fourth-order valence-electron chi connectivity index (χ4n) is 2.42. The minimum atomic E-state index is 0.0348. The summed E-state index contributed by atoms with van der Waals surface area (Å²) in [5.74, 6) is 0.909. The number of hydrogen-bond acceptors (Lipinski definition) is 2. The number of nitrogens with two attached hydrogens (primary N) is 1. The minimum Gasteiger partial charge on any atom is -0.324 e. The maximum Gasteiger partial charge on any atom is 0.0453 e. The third-order valence-corrected chi connectivity index (χ3v) is 4.44. The van der Waals surface area contributed by atoms with Crippen molar-refractivity contribution in [2.75, 3.05) is 13.6 Å². The van der Waals surface area contributed by atoms with Crippen molar-refractivity contribution in [1.29, 1.82) is 0 Å². The van der Waals surface area contributed by atoms with Crippen LogP contribution in [0.1, 0.15) is 37.8 Å². The molecule has 0 bridgehead atoms. The van der Waals surface area contributed by atoms with Crippen LogP contribution < -0.4 is 5.73 Å². The fraction of sp³-hybridized carbons (Fsp3) is 0.600. The van der Waals surface area contributed by atoms with E-state index in [9.17, 15) is 0 Å². The van der Waals surface area contributed by atoms with Crippen molar-refractivity contribution in [3.8, 4) is 0 Å². The van der Waals surface area contributed by atoms with E-state index in [1.807, 2.05) is 24.3 Å². The summed E-state index contributed by atoms with van der Waals surface area (Å²) >= 11 is 6.16. The van der Waals surface area contributed by atoms with Crippen LogP contribution in [-0.4, -0.2) is 24.5 Å². The Hall–Kier alpha value is -0.570. The molecule has 0 saturated heterocycles. The van der Waals surface area contributed by atoms with Crippen LogP contribution in [0, 0.1) is 5.92 Å². The number of hydrogen-bond donors (Lipinski definition) is 1. The Kier molecular flexibility index (Phi) is 4.66. The molecule has 0 heterocycles. The van der Waals surface area contributed by atoms with Crippen LogP contribution in [0.3, 0.4) is 0 Å². The molecular formula is C15H23ClN2. The standard InChI is InChI=1S/C15H23ClN2/c1-11(12-7-8-12)18(2)10-9-15(17)13-5-3-4-6-14(13)16/h3-6,11-12,15H,7-10,17H2,1-2H3. The van der Waals surface area contributed by atoms with Gasteiger partial charge in [-0.25, -0.2) is 0 Å². The van der Waals surface area contributed by atoms with E-state index >= 15 is 0 Å². The van der Waals surface area contributed by atoms with Crippen molar-refractivity contribution in [2.24, 2.45) is 11.7 Å². The molecule has 1 aromatic rings. The Morgan fingerprint density at radius 3 is 2.67 bits per heavy atom. The highest BCUT2D eigenvalue weighted by Gasteiger charge is 2.30. The van der Waals surface area contributed by atoms with Crippen LogP contribution in [0.15, 0.2) is 24.3 Å². The fourth-order valence-corrected chi connectivity index (χ4v) is 2.69. The Bertz CT molecular complexity index is 390. The van der Waals surface area contributed by atoms with Crippen LogP contribution in [0.25, 0.3) is 0 Å². The van der Waals surface area contributed by atoms with E-state index in [1.165, 1.54) is 12.8 Å². The molecule has 1 aromatic carbocycles. The lowest BCUT2D eigenvalue weighted by Gasteiger charge is -2.26. The van der Waals surface area contributed by atoms with Crippen molar-refractivity contribution in [1.82, 2.24) is 4.90 Å². The van der Waals surface area contributed by atoms with Gasteiger partial charge in [-0.15, -0.1) is 0 Å². The van der Waals surface area contributed by atoms with Crippen LogP contribution in [-0.2, 0) is 0 Å². The van der Waals surface area contributed by atoms with Gasteiger partial charge in [0.05, 0.1) is 0 Å². The quantitative estimate of drug-likeness (QED) is 0.854. The average molecular weight is 267 g/mol. The molecule has 1 saturated carbocycles. The molecule has 2 rings (SSSR count). The maximum absolute atomic E-state index is 6.22. The predicted octanol–water partition coefficient (Wildman–Crippen LogP) is 3.46. The van der Waals surface area contributed by atoms with Gasteiger partial charge < -0.3 is 10.6 Å². The molecule has 2 atom stereocenters. The lowest BCUT2D eigenvalue weighted by molar-refractivity contribution is 0.226. The first kappa shape index (κ1) is 13.9. The molecule has 0 radical (unpaired) electrons. The first-order valence-electron chi connectivity index (χ1n) is 6.80. The molecule has 1 aliphatic carbocycles. The van der Waals surface area contributed by atoms with Crippen LogP contribution in [0.4, 0.5) is 0 Å². The van der Waals surface area contributed by atoms with E-state index < -0.39 is 0 Å².